The van der Waals surface area contributed by atoms with Crippen LogP contribution >= 0.6 is 15.9 Å². The SMILES string of the molecule is Cc1cc(Nc2cnc3c(n2)c(Br)cn3COCC[Si](C)(C)C)n(C(=O)OC(C)(C)C)n1. The second kappa shape index (κ2) is 9.32. The van der Waals surface area contributed by atoms with Crippen molar-refractivity contribution >= 4 is 52.9 Å². The fourth-order valence-electron chi connectivity index (χ4n) is 2.88. The van der Waals surface area contributed by atoms with Gasteiger partial charge >= 0.3 is 6.09 Å². The van der Waals surface area contributed by atoms with Gasteiger partial charge in [0.15, 0.2) is 11.5 Å². The van der Waals surface area contributed by atoms with Crippen LogP contribution in [-0.2, 0) is 16.2 Å². The number of carbonyl (C=O) groups excluding carboxylic acids is 1. The first kappa shape index (κ1) is 24.4. The Balaban J connectivity index is 1.77. The number of carbonyl (C=O) groups is 1. The van der Waals surface area contributed by atoms with Gasteiger partial charge in [-0.3, -0.25) is 0 Å². The highest BCUT2D eigenvalue weighted by Crippen LogP contribution is 2.26. The maximum absolute atomic E-state index is 12.5. The molecule has 0 spiro atoms. The molecule has 1 N–H and O–H groups in total. The smallest absolute Gasteiger partial charge is 0.437 e. The zero-order valence-electron chi connectivity index (χ0n) is 19.7. The number of anilines is 2. The normalized spacial score (nSPS) is 12.4. The summed E-state index contributed by atoms with van der Waals surface area (Å²) in [6.07, 6.45) is 2.97. The van der Waals surface area contributed by atoms with Gasteiger partial charge < -0.3 is 19.4 Å². The lowest BCUT2D eigenvalue weighted by Crippen LogP contribution is -2.28. The molecule has 32 heavy (non-hydrogen) atoms. The molecule has 0 radical (unpaired) electrons. The van der Waals surface area contributed by atoms with Gasteiger partial charge in [-0.25, -0.2) is 14.8 Å². The Bertz CT molecular complexity index is 1110. The van der Waals surface area contributed by atoms with Gasteiger partial charge in [0.25, 0.3) is 0 Å². The van der Waals surface area contributed by atoms with Gasteiger partial charge in [-0.1, -0.05) is 19.6 Å². The molecule has 0 aliphatic heterocycles. The molecule has 3 aromatic heterocycles. The van der Waals surface area contributed by atoms with E-state index in [-0.39, 0.29) is 0 Å². The van der Waals surface area contributed by atoms with Gasteiger partial charge in [0.05, 0.1) is 16.4 Å². The molecular formula is C21H31BrN6O3Si. The zero-order chi connectivity index (χ0) is 23.7. The number of hydrogen-bond donors (Lipinski definition) is 1. The van der Waals surface area contributed by atoms with Gasteiger partial charge in [0.2, 0.25) is 0 Å². The minimum absolute atomic E-state index is 0.415. The number of aromatic nitrogens is 5. The molecule has 0 unspecified atom stereocenters. The predicted molar refractivity (Wildman–Crippen MR) is 131 cm³/mol. The molecule has 11 heteroatoms. The maximum atomic E-state index is 12.5. The topological polar surface area (TPSA) is 96.1 Å². The molecule has 0 aliphatic carbocycles. The Kier molecular flexibility index (Phi) is 7.11. The van der Waals surface area contributed by atoms with E-state index in [9.17, 15) is 4.79 Å². The molecule has 0 bridgehead atoms. The first-order valence-corrected chi connectivity index (χ1v) is 15.0. The summed E-state index contributed by atoms with van der Waals surface area (Å²) in [4.78, 5) is 21.7. The average Bonchev–Trinajstić information content (AvgIpc) is 3.16. The summed E-state index contributed by atoms with van der Waals surface area (Å²) in [5, 5.41) is 7.37. The second-order valence-corrected chi connectivity index (χ2v) is 16.4. The van der Waals surface area contributed by atoms with Crippen LogP contribution in [0, 0.1) is 6.92 Å². The van der Waals surface area contributed by atoms with Crippen LogP contribution in [0.25, 0.3) is 11.2 Å². The minimum atomic E-state index is -1.13. The molecule has 0 aromatic carbocycles. The highest BCUT2D eigenvalue weighted by Gasteiger charge is 2.22. The minimum Gasteiger partial charge on any atom is -0.442 e. The first-order valence-electron chi connectivity index (χ1n) is 10.5. The number of nitrogens with zero attached hydrogens (tertiary/aromatic N) is 5. The van der Waals surface area contributed by atoms with Crippen LogP contribution in [0.15, 0.2) is 22.9 Å². The van der Waals surface area contributed by atoms with E-state index < -0.39 is 19.8 Å². The summed E-state index contributed by atoms with van der Waals surface area (Å²) in [5.41, 5.74) is 1.46. The number of ether oxygens (including phenoxy) is 2. The van der Waals surface area contributed by atoms with Gasteiger partial charge in [-0.05, 0) is 49.7 Å². The molecule has 0 saturated heterocycles. The summed E-state index contributed by atoms with van der Waals surface area (Å²) in [6.45, 7) is 15.4. The van der Waals surface area contributed by atoms with Crippen molar-refractivity contribution in [2.24, 2.45) is 0 Å². The van der Waals surface area contributed by atoms with Crippen LogP contribution < -0.4 is 5.32 Å². The quantitative estimate of drug-likeness (QED) is 0.321. The van der Waals surface area contributed by atoms with Gasteiger partial charge in [0.1, 0.15) is 23.7 Å². The number of aryl methyl sites for hydroxylation is 1. The van der Waals surface area contributed by atoms with E-state index in [4.69, 9.17) is 9.47 Å². The van der Waals surface area contributed by atoms with Crippen molar-refractivity contribution in [3.63, 3.8) is 0 Å². The summed E-state index contributed by atoms with van der Waals surface area (Å²) in [7, 11) is -1.13. The number of hydrogen-bond acceptors (Lipinski definition) is 7. The Morgan fingerprint density at radius 1 is 1.28 bits per heavy atom. The molecule has 3 rings (SSSR count). The van der Waals surface area contributed by atoms with Crippen LogP contribution in [0.4, 0.5) is 16.4 Å². The Labute approximate surface area is 197 Å². The van der Waals surface area contributed by atoms with Gasteiger partial charge in [-0.15, -0.1) is 4.68 Å². The van der Waals surface area contributed by atoms with Crippen molar-refractivity contribution in [1.29, 1.82) is 0 Å². The summed E-state index contributed by atoms with van der Waals surface area (Å²) < 4.78 is 15.2. The van der Waals surface area contributed by atoms with Crippen LogP contribution in [0.3, 0.4) is 0 Å². The van der Waals surface area contributed by atoms with Gasteiger partial charge in [-0.2, -0.15) is 5.10 Å². The first-order chi connectivity index (χ1) is 14.8. The van der Waals surface area contributed by atoms with Crippen LogP contribution in [0.1, 0.15) is 26.5 Å². The van der Waals surface area contributed by atoms with Crippen molar-refractivity contribution in [2.75, 3.05) is 11.9 Å². The van der Waals surface area contributed by atoms with E-state index in [1.165, 1.54) is 4.68 Å². The second-order valence-electron chi connectivity index (χ2n) is 9.91. The third kappa shape index (κ3) is 6.39. The molecule has 0 fully saturated rings. The molecule has 0 atom stereocenters. The summed E-state index contributed by atoms with van der Waals surface area (Å²) in [6, 6.07) is 2.86. The van der Waals surface area contributed by atoms with Crippen molar-refractivity contribution in [3.05, 3.63) is 28.6 Å². The Hall–Kier alpha value is -2.24. The molecule has 174 valence electrons. The highest BCUT2D eigenvalue weighted by atomic mass is 79.9. The Morgan fingerprint density at radius 3 is 2.66 bits per heavy atom. The number of rotatable bonds is 7. The van der Waals surface area contributed by atoms with Crippen LogP contribution in [0.5, 0.6) is 0 Å². The molecular weight excluding hydrogens is 492 g/mol. The van der Waals surface area contributed by atoms with E-state index >= 15 is 0 Å². The Morgan fingerprint density at radius 2 is 2.00 bits per heavy atom. The third-order valence-electron chi connectivity index (χ3n) is 4.40. The van der Waals surface area contributed by atoms with E-state index in [0.29, 0.717) is 35.2 Å². The highest BCUT2D eigenvalue weighted by molar-refractivity contribution is 9.10. The van der Waals surface area contributed by atoms with Crippen molar-refractivity contribution < 1.29 is 14.3 Å². The number of fused-ring (bicyclic) bond motifs is 1. The average molecular weight is 524 g/mol. The fourth-order valence-corrected chi connectivity index (χ4v) is 4.15. The molecule has 3 heterocycles. The van der Waals surface area contributed by atoms with E-state index in [1.807, 2.05) is 31.5 Å². The van der Waals surface area contributed by atoms with Gasteiger partial charge in [0, 0.05) is 26.9 Å². The predicted octanol–water partition coefficient (Wildman–Crippen LogP) is 5.54. The zero-order valence-corrected chi connectivity index (χ0v) is 22.3. The third-order valence-corrected chi connectivity index (χ3v) is 6.69. The lowest BCUT2D eigenvalue weighted by molar-refractivity contribution is 0.0518. The maximum Gasteiger partial charge on any atom is 0.437 e. The molecule has 3 aromatic rings. The van der Waals surface area contributed by atoms with Crippen molar-refractivity contribution in [1.82, 2.24) is 24.3 Å². The van der Waals surface area contributed by atoms with Crippen molar-refractivity contribution in [3.8, 4) is 0 Å². The standard InChI is InChI=1S/C21H31BrN6O3Si/c1-14-10-17(28(26-14)20(29)31-21(2,3)4)24-16-11-23-19-18(25-16)15(22)12-27(19)13-30-8-9-32(5,6)7/h10-12H,8-9,13H2,1-7H3,(H,24,25). The molecule has 0 saturated carbocycles. The van der Waals surface area contributed by atoms with Crippen LogP contribution in [0.2, 0.25) is 25.7 Å². The summed E-state index contributed by atoms with van der Waals surface area (Å²) >= 11 is 3.56. The largest absolute Gasteiger partial charge is 0.442 e. The van der Waals surface area contributed by atoms with E-state index in [1.54, 1.807) is 19.2 Å². The number of nitrogens with one attached hydrogen (secondary N) is 1. The van der Waals surface area contributed by atoms with Crippen LogP contribution in [-0.4, -0.2) is 50.7 Å². The van der Waals surface area contributed by atoms with Crippen molar-refractivity contribution in [2.45, 2.75) is 65.7 Å². The van der Waals surface area contributed by atoms with E-state index in [2.05, 4.69) is 56.0 Å². The monoisotopic (exact) mass is 522 g/mol. The lowest BCUT2D eigenvalue weighted by atomic mass is 10.2. The fraction of sp³-hybridized carbons (Fsp3) is 0.524. The number of halogens is 1. The van der Waals surface area contributed by atoms with E-state index in [0.717, 1.165) is 17.1 Å². The summed E-state index contributed by atoms with van der Waals surface area (Å²) in [5.74, 6) is 0.941. The lowest BCUT2D eigenvalue weighted by Gasteiger charge is -2.19. The molecule has 0 aliphatic rings. The molecule has 9 nitrogen and oxygen atoms in total. The molecule has 0 amide bonds.